The quantitative estimate of drug-likeness (QED) is 0.867. The normalized spacial score (nSPS) is 12.8. The predicted octanol–water partition coefficient (Wildman–Crippen LogP) is 3.13. The number of rotatable bonds is 6. The Bertz CT molecular complexity index is 473. The number of nitrogens with zero attached hydrogens (tertiary/aromatic N) is 2. The fraction of sp³-hybridized carbons (Fsp3) is 0.500. The van der Waals surface area contributed by atoms with Crippen molar-refractivity contribution in [3.05, 3.63) is 39.8 Å². The highest BCUT2D eigenvalue weighted by molar-refractivity contribution is 7.10. The maximum Gasteiger partial charge on any atom is 0.0841 e. The minimum atomic E-state index is 0.266. The Balaban J connectivity index is 2.30. The molecule has 0 spiro atoms. The summed E-state index contributed by atoms with van der Waals surface area (Å²) in [5.41, 5.74) is 2.41. The van der Waals surface area contributed by atoms with Gasteiger partial charge in [-0.2, -0.15) is 5.10 Å². The molecule has 1 N–H and O–H groups in total. The molecule has 0 amide bonds. The van der Waals surface area contributed by atoms with Crippen LogP contribution in [-0.4, -0.2) is 16.3 Å². The Kier molecular flexibility index (Phi) is 4.55. The molecule has 0 bridgehead atoms. The van der Waals surface area contributed by atoms with Crippen LogP contribution in [0.15, 0.2) is 23.6 Å². The first kappa shape index (κ1) is 13.3. The lowest BCUT2D eigenvalue weighted by Crippen LogP contribution is -2.24. The van der Waals surface area contributed by atoms with Gasteiger partial charge in [-0.3, -0.25) is 4.68 Å². The van der Waals surface area contributed by atoms with Crippen LogP contribution in [-0.2, 0) is 13.5 Å². The molecule has 1 unspecified atom stereocenters. The molecule has 2 rings (SSSR count). The zero-order valence-corrected chi connectivity index (χ0v) is 12.1. The molecule has 0 aliphatic heterocycles. The fourth-order valence-electron chi connectivity index (χ4n) is 2.08. The van der Waals surface area contributed by atoms with E-state index in [0.29, 0.717) is 0 Å². The highest BCUT2D eigenvalue weighted by atomic mass is 32.1. The van der Waals surface area contributed by atoms with E-state index in [9.17, 15) is 0 Å². The molecular weight excluding hydrogens is 242 g/mol. The van der Waals surface area contributed by atoms with Crippen molar-refractivity contribution in [1.82, 2.24) is 15.1 Å². The summed E-state index contributed by atoms with van der Waals surface area (Å²) in [6.07, 6.45) is 2.12. The number of hydrogen-bond donors (Lipinski definition) is 1. The van der Waals surface area contributed by atoms with Crippen molar-refractivity contribution in [1.29, 1.82) is 0 Å². The largest absolute Gasteiger partial charge is 0.304 e. The molecule has 2 aromatic rings. The van der Waals surface area contributed by atoms with Gasteiger partial charge in [0.25, 0.3) is 0 Å². The van der Waals surface area contributed by atoms with E-state index in [1.54, 1.807) is 11.3 Å². The first-order valence-electron chi connectivity index (χ1n) is 6.55. The maximum atomic E-state index is 4.55. The zero-order valence-electron chi connectivity index (χ0n) is 11.3. The van der Waals surface area contributed by atoms with Crippen LogP contribution in [0.1, 0.15) is 42.6 Å². The highest BCUT2D eigenvalue weighted by Gasteiger charge is 2.18. The third kappa shape index (κ3) is 2.82. The van der Waals surface area contributed by atoms with Crippen LogP contribution in [0.4, 0.5) is 0 Å². The summed E-state index contributed by atoms with van der Waals surface area (Å²) in [4.78, 5) is 1.36. The topological polar surface area (TPSA) is 29.9 Å². The van der Waals surface area contributed by atoms with Crippen LogP contribution < -0.4 is 5.32 Å². The Morgan fingerprint density at radius 3 is 2.83 bits per heavy atom. The minimum Gasteiger partial charge on any atom is -0.304 e. The van der Waals surface area contributed by atoms with Crippen LogP contribution in [0.5, 0.6) is 0 Å². The molecule has 3 nitrogen and oxygen atoms in total. The van der Waals surface area contributed by atoms with Gasteiger partial charge in [-0.25, -0.2) is 0 Å². The molecule has 2 aromatic heterocycles. The molecule has 0 saturated carbocycles. The molecule has 0 aromatic carbocycles. The molecule has 0 saturated heterocycles. The fourth-order valence-corrected chi connectivity index (χ4v) is 2.89. The third-order valence-electron chi connectivity index (χ3n) is 3.05. The smallest absolute Gasteiger partial charge is 0.0841 e. The highest BCUT2D eigenvalue weighted by Crippen LogP contribution is 2.26. The van der Waals surface area contributed by atoms with Gasteiger partial charge in [0.15, 0.2) is 0 Å². The second-order valence-electron chi connectivity index (χ2n) is 4.44. The van der Waals surface area contributed by atoms with Crippen molar-refractivity contribution in [2.45, 2.75) is 32.7 Å². The maximum absolute atomic E-state index is 4.55. The minimum absolute atomic E-state index is 0.266. The van der Waals surface area contributed by atoms with E-state index in [1.807, 2.05) is 11.7 Å². The molecule has 2 heterocycles. The second-order valence-corrected chi connectivity index (χ2v) is 5.42. The predicted molar refractivity (Wildman–Crippen MR) is 77.0 cm³/mol. The average Bonchev–Trinajstić information content (AvgIpc) is 3.00. The number of aromatic nitrogens is 2. The van der Waals surface area contributed by atoms with Gasteiger partial charge < -0.3 is 5.32 Å². The van der Waals surface area contributed by atoms with E-state index < -0.39 is 0 Å². The van der Waals surface area contributed by atoms with E-state index in [0.717, 1.165) is 25.1 Å². The van der Waals surface area contributed by atoms with Gasteiger partial charge in [0.2, 0.25) is 0 Å². The van der Waals surface area contributed by atoms with Gasteiger partial charge >= 0.3 is 0 Å². The Morgan fingerprint density at radius 2 is 2.28 bits per heavy atom. The van der Waals surface area contributed by atoms with E-state index in [-0.39, 0.29) is 6.04 Å². The second kappa shape index (κ2) is 6.16. The van der Waals surface area contributed by atoms with Crippen LogP contribution in [0, 0.1) is 0 Å². The Morgan fingerprint density at radius 1 is 1.44 bits per heavy atom. The number of thiophene rings is 1. The molecule has 98 valence electrons. The summed E-state index contributed by atoms with van der Waals surface area (Å²) in [5, 5.41) is 10.3. The first-order valence-corrected chi connectivity index (χ1v) is 7.43. The monoisotopic (exact) mass is 263 g/mol. The lowest BCUT2D eigenvalue weighted by molar-refractivity contribution is 0.559. The standard InChI is InChI=1S/C14H21N3S/c1-4-8-15-14(13-7-6-9-18-13)12-10-11(5-2)16-17(12)3/h6-7,9-10,14-15H,4-5,8H2,1-3H3. The number of hydrogen-bond acceptors (Lipinski definition) is 3. The Labute approximate surface area is 113 Å². The van der Waals surface area contributed by atoms with Crippen molar-refractivity contribution in [3.63, 3.8) is 0 Å². The van der Waals surface area contributed by atoms with Crippen molar-refractivity contribution in [3.8, 4) is 0 Å². The van der Waals surface area contributed by atoms with Gasteiger partial charge in [-0.05, 0) is 36.9 Å². The molecule has 18 heavy (non-hydrogen) atoms. The zero-order chi connectivity index (χ0) is 13.0. The van der Waals surface area contributed by atoms with Gasteiger partial charge in [0.05, 0.1) is 17.4 Å². The summed E-state index contributed by atoms with van der Waals surface area (Å²) < 4.78 is 2.01. The van der Waals surface area contributed by atoms with Gasteiger partial charge in [-0.15, -0.1) is 11.3 Å². The number of aryl methyl sites for hydroxylation is 2. The summed E-state index contributed by atoms with van der Waals surface area (Å²) in [6, 6.07) is 6.78. The van der Waals surface area contributed by atoms with E-state index in [2.05, 4.69) is 47.8 Å². The molecule has 0 aliphatic rings. The third-order valence-corrected chi connectivity index (χ3v) is 3.99. The molecular formula is C14H21N3S. The molecule has 0 fully saturated rings. The summed E-state index contributed by atoms with van der Waals surface area (Å²) >= 11 is 1.80. The summed E-state index contributed by atoms with van der Waals surface area (Å²) in [7, 11) is 2.03. The van der Waals surface area contributed by atoms with Crippen LogP contribution in [0.3, 0.4) is 0 Å². The van der Waals surface area contributed by atoms with Crippen molar-refractivity contribution in [2.24, 2.45) is 7.05 Å². The first-order chi connectivity index (χ1) is 8.76. The summed E-state index contributed by atoms with van der Waals surface area (Å²) in [6.45, 7) is 5.36. The van der Waals surface area contributed by atoms with Crippen LogP contribution in [0.25, 0.3) is 0 Å². The van der Waals surface area contributed by atoms with Crippen molar-refractivity contribution in [2.75, 3.05) is 6.54 Å². The van der Waals surface area contributed by atoms with Crippen molar-refractivity contribution < 1.29 is 0 Å². The van der Waals surface area contributed by atoms with Crippen LogP contribution >= 0.6 is 11.3 Å². The number of nitrogens with one attached hydrogen (secondary N) is 1. The van der Waals surface area contributed by atoms with Crippen molar-refractivity contribution >= 4 is 11.3 Å². The molecule has 0 radical (unpaired) electrons. The SMILES string of the molecule is CCCNC(c1cccs1)c1cc(CC)nn1C. The van der Waals surface area contributed by atoms with E-state index >= 15 is 0 Å². The lowest BCUT2D eigenvalue weighted by atomic mass is 10.1. The van der Waals surface area contributed by atoms with Gasteiger partial charge in [0.1, 0.15) is 0 Å². The summed E-state index contributed by atoms with van der Waals surface area (Å²) in [5.74, 6) is 0. The van der Waals surface area contributed by atoms with Crippen LogP contribution in [0.2, 0.25) is 0 Å². The van der Waals surface area contributed by atoms with E-state index in [4.69, 9.17) is 0 Å². The molecule has 0 aliphatic carbocycles. The Hall–Kier alpha value is -1.13. The average molecular weight is 263 g/mol. The molecule has 1 atom stereocenters. The van der Waals surface area contributed by atoms with Gasteiger partial charge in [-0.1, -0.05) is 19.9 Å². The lowest BCUT2D eigenvalue weighted by Gasteiger charge is -2.17. The molecule has 4 heteroatoms. The van der Waals surface area contributed by atoms with E-state index in [1.165, 1.54) is 10.6 Å². The van der Waals surface area contributed by atoms with Gasteiger partial charge in [0, 0.05) is 11.9 Å².